The number of anilines is 1. The second-order valence-corrected chi connectivity index (χ2v) is 7.25. The van der Waals surface area contributed by atoms with Crippen molar-refractivity contribution in [3.05, 3.63) is 27.9 Å². The van der Waals surface area contributed by atoms with Crippen LogP contribution in [0.2, 0.25) is 10.0 Å². The van der Waals surface area contributed by atoms with E-state index in [0.717, 1.165) is 48.8 Å². The Morgan fingerprint density at radius 1 is 1.33 bits per heavy atom. The molecule has 2 aromatic rings. The first-order valence-corrected chi connectivity index (χ1v) is 8.49. The number of fused-ring (bicyclic) bond motifs is 3. The minimum Gasteiger partial charge on any atom is -0.381 e. The molecule has 1 aromatic carbocycles. The number of hydrogen-bond donors (Lipinski definition) is 2. The Morgan fingerprint density at radius 3 is 2.95 bits per heavy atom. The fourth-order valence-corrected chi connectivity index (χ4v) is 4.25. The van der Waals surface area contributed by atoms with Gasteiger partial charge < -0.3 is 14.4 Å². The molecule has 3 heterocycles. The van der Waals surface area contributed by atoms with Gasteiger partial charge in [-0.1, -0.05) is 23.2 Å². The highest BCUT2D eigenvalue weighted by atomic mass is 35.5. The number of benzene rings is 1. The van der Waals surface area contributed by atoms with Crippen molar-refractivity contribution >= 4 is 51.9 Å². The Labute approximate surface area is 137 Å². The molecular formula is C14H15Cl2N3OS. The van der Waals surface area contributed by atoms with Gasteiger partial charge in [0.2, 0.25) is 0 Å². The quantitative estimate of drug-likeness (QED) is 0.815. The lowest BCUT2D eigenvalue weighted by atomic mass is 10.0. The van der Waals surface area contributed by atoms with Crippen molar-refractivity contribution in [3.8, 4) is 0 Å². The Hall–Kier alpha value is -0.590. The van der Waals surface area contributed by atoms with E-state index in [4.69, 9.17) is 27.9 Å². The molecule has 1 fully saturated rings. The summed E-state index contributed by atoms with van der Waals surface area (Å²) in [6.45, 7) is 3.76. The standard InChI is InChI=1S/C14H15Cl2N3OS/c15-10-3-9-5-19(2-1-8-6-20-7-8)21-18-13(9)14-12(10)11(16)4-17-14/h3-4,8,17-18H,1-2,5-7H2. The molecular weight excluding hydrogens is 329 g/mol. The average molecular weight is 344 g/mol. The van der Waals surface area contributed by atoms with E-state index in [1.54, 1.807) is 18.3 Å². The molecule has 0 amide bonds. The van der Waals surface area contributed by atoms with Crippen LogP contribution in [-0.4, -0.2) is 29.0 Å². The second kappa shape index (κ2) is 5.56. The molecule has 2 N–H and O–H groups in total. The van der Waals surface area contributed by atoms with Crippen molar-refractivity contribution in [3.63, 3.8) is 0 Å². The largest absolute Gasteiger partial charge is 0.381 e. The van der Waals surface area contributed by atoms with Crippen LogP contribution < -0.4 is 4.72 Å². The molecule has 0 bridgehead atoms. The van der Waals surface area contributed by atoms with Crippen LogP contribution in [-0.2, 0) is 11.3 Å². The SMILES string of the molecule is Clc1c[nH]c2c3c(cc(Cl)c12)CN(CCC1COC1)SN3. The molecule has 0 aliphatic carbocycles. The zero-order chi connectivity index (χ0) is 14.4. The third-order valence-electron chi connectivity index (χ3n) is 4.06. The summed E-state index contributed by atoms with van der Waals surface area (Å²) >= 11 is 14.2. The molecule has 112 valence electrons. The van der Waals surface area contributed by atoms with Crippen molar-refractivity contribution in [1.29, 1.82) is 0 Å². The van der Waals surface area contributed by atoms with E-state index in [9.17, 15) is 0 Å². The van der Waals surface area contributed by atoms with Crippen LogP contribution >= 0.6 is 35.3 Å². The van der Waals surface area contributed by atoms with Crippen molar-refractivity contribution in [2.75, 3.05) is 24.5 Å². The summed E-state index contributed by atoms with van der Waals surface area (Å²) in [4.78, 5) is 3.21. The summed E-state index contributed by atoms with van der Waals surface area (Å²) in [5.41, 5.74) is 3.28. The average Bonchev–Trinajstić information content (AvgIpc) is 2.80. The highest BCUT2D eigenvalue weighted by Crippen LogP contribution is 2.41. The normalized spacial score (nSPS) is 19.3. The first-order chi connectivity index (χ1) is 10.2. The number of hydrogen-bond acceptors (Lipinski definition) is 4. The van der Waals surface area contributed by atoms with Crippen molar-refractivity contribution in [2.24, 2.45) is 5.92 Å². The first-order valence-electron chi connectivity index (χ1n) is 6.96. The zero-order valence-corrected chi connectivity index (χ0v) is 13.6. The highest BCUT2D eigenvalue weighted by molar-refractivity contribution is 7.98. The number of halogens is 2. The number of ether oxygens (including phenoxy) is 1. The lowest BCUT2D eigenvalue weighted by Crippen LogP contribution is -2.32. The Bertz CT molecular complexity index is 686. The molecule has 0 radical (unpaired) electrons. The molecule has 0 spiro atoms. The zero-order valence-electron chi connectivity index (χ0n) is 11.3. The van der Waals surface area contributed by atoms with Gasteiger partial charge in [-0.3, -0.25) is 0 Å². The van der Waals surface area contributed by atoms with Crippen LogP contribution in [0.25, 0.3) is 10.9 Å². The minimum absolute atomic E-state index is 0.664. The summed E-state index contributed by atoms with van der Waals surface area (Å²) in [6, 6.07) is 2.02. The Balaban J connectivity index is 1.57. The maximum Gasteiger partial charge on any atom is 0.0742 e. The van der Waals surface area contributed by atoms with Gasteiger partial charge in [0.1, 0.15) is 0 Å². The molecule has 1 saturated heterocycles. The number of aromatic nitrogens is 1. The Morgan fingerprint density at radius 2 is 2.19 bits per heavy atom. The fraction of sp³-hybridized carbons (Fsp3) is 0.429. The van der Waals surface area contributed by atoms with E-state index in [0.29, 0.717) is 10.0 Å². The van der Waals surface area contributed by atoms with Gasteiger partial charge in [-0.15, -0.1) is 0 Å². The molecule has 7 heteroatoms. The smallest absolute Gasteiger partial charge is 0.0742 e. The molecule has 0 saturated carbocycles. The lowest BCUT2D eigenvalue weighted by molar-refractivity contribution is -0.0368. The van der Waals surface area contributed by atoms with Gasteiger partial charge in [0.05, 0.1) is 34.5 Å². The topological polar surface area (TPSA) is 40.3 Å². The number of nitrogens with zero attached hydrogens (tertiary/aromatic N) is 1. The monoisotopic (exact) mass is 343 g/mol. The van der Waals surface area contributed by atoms with Crippen LogP contribution in [0, 0.1) is 5.92 Å². The third kappa shape index (κ3) is 2.51. The van der Waals surface area contributed by atoms with Gasteiger partial charge in [-0.25, -0.2) is 4.31 Å². The molecule has 21 heavy (non-hydrogen) atoms. The molecule has 4 rings (SSSR count). The van der Waals surface area contributed by atoms with Gasteiger partial charge in [0, 0.05) is 42.7 Å². The van der Waals surface area contributed by atoms with Gasteiger partial charge in [0.15, 0.2) is 0 Å². The van der Waals surface area contributed by atoms with Crippen LogP contribution in [0.4, 0.5) is 5.69 Å². The predicted octanol–water partition coefficient (Wildman–Crippen LogP) is 4.30. The second-order valence-electron chi connectivity index (χ2n) is 5.53. The lowest BCUT2D eigenvalue weighted by Gasteiger charge is -2.32. The van der Waals surface area contributed by atoms with Gasteiger partial charge >= 0.3 is 0 Å². The minimum atomic E-state index is 0.664. The maximum atomic E-state index is 6.37. The van der Waals surface area contributed by atoms with E-state index >= 15 is 0 Å². The molecule has 0 atom stereocenters. The van der Waals surface area contributed by atoms with E-state index in [1.165, 1.54) is 12.0 Å². The molecule has 0 unspecified atom stereocenters. The van der Waals surface area contributed by atoms with Gasteiger partial charge in [0.25, 0.3) is 0 Å². The number of nitrogens with one attached hydrogen (secondary N) is 2. The Kier molecular flexibility index (Phi) is 3.71. The summed E-state index contributed by atoms with van der Waals surface area (Å²) in [7, 11) is 0. The van der Waals surface area contributed by atoms with Gasteiger partial charge in [-0.2, -0.15) is 0 Å². The molecule has 2 aliphatic heterocycles. The summed E-state index contributed by atoms with van der Waals surface area (Å²) < 4.78 is 11.0. The highest BCUT2D eigenvalue weighted by Gasteiger charge is 2.24. The number of aromatic amines is 1. The molecule has 2 aliphatic rings. The third-order valence-corrected chi connectivity index (χ3v) is 5.52. The van der Waals surface area contributed by atoms with Crippen LogP contribution in [0.15, 0.2) is 12.3 Å². The van der Waals surface area contributed by atoms with E-state index in [2.05, 4.69) is 14.0 Å². The van der Waals surface area contributed by atoms with Crippen molar-refractivity contribution in [2.45, 2.75) is 13.0 Å². The van der Waals surface area contributed by atoms with Gasteiger partial charge in [-0.05, 0) is 18.1 Å². The molecule has 4 nitrogen and oxygen atoms in total. The van der Waals surface area contributed by atoms with Crippen LogP contribution in [0.3, 0.4) is 0 Å². The number of H-pyrrole nitrogens is 1. The van der Waals surface area contributed by atoms with E-state index < -0.39 is 0 Å². The first kappa shape index (κ1) is 14.0. The van der Waals surface area contributed by atoms with E-state index in [-0.39, 0.29) is 0 Å². The number of rotatable bonds is 3. The predicted molar refractivity (Wildman–Crippen MR) is 88.9 cm³/mol. The van der Waals surface area contributed by atoms with E-state index in [1.807, 2.05) is 6.07 Å². The van der Waals surface area contributed by atoms with Crippen LogP contribution in [0.1, 0.15) is 12.0 Å². The molecule has 1 aromatic heterocycles. The summed E-state index contributed by atoms with van der Waals surface area (Å²) in [6.07, 6.45) is 2.96. The van der Waals surface area contributed by atoms with Crippen molar-refractivity contribution in [1.82, 2.24) is 9.29 Å². The van der Waals surface area contributed by atoms with Crippen LogP contribution in [0.5, 0.6) is 0 Å². The maximum absolute atomic E-state index is 6.37. The summed E-state index contributed by atoms with van der Waals surface area (Å²) in [5, 5.41) is 2.26. The summed E-state index contributed by atoms with van der Waals surface area (Å²) in [5.74, 6) is 0.722. The fourth-order valence-electron chi connectivity index (χ4n) is 2.76. The van der Waals surface area contributed by atoms with Crippen molar-refractivity contribution < 1.29 is 4.74 Å².